The van der Waals surface area contributed by atoms with Crippen molar-refractivity contribution in [1.82, 2.24) is 0 Å². The van der Waals surface area contributed by atoms with Gasteiger partial charge in [0.2, 0.25) is 0 Å². The average Bonchev–Trinajstić information content (AvgIpc) is 2.27. The van der Waals surface area contributed by atoms with Gasteiger partial charge in [-0.05, 0) is 31.4 Å². The minimum Gasteiger partial charge on any atom is -0.496 e. The van der Waals surface area contributed by atoms with E-state index in [2.05, 4.69) is 6.07 Å². The van der Waals surface area contributed by atoms with Gasteiger partial charge in [-0.25, -0.2) is 0 Å². The third-order valence-electron chi connectivity index (χ3n) is 2.66. The summed E-state index contributed by atoms with van der Waals surface area (Å²) >= 11 is 0. The number of rotatable bonds is 6. The second kappa shape index (κ2) is 5.87. The fourth-order valence-corrected chi connectivity index (χ4v) is 1.71. The summed E-state index contributed by atoms with van der Waals surface area (Å²) < 4.78 is 10.4. The van der Waals surface area contributed by atoms with Gasteiger partial charge in [-0.15, -0.1) is 0 Å². The summed E-state index contributed by atoms with van der Waals surface area (Å²) in [6, 6.07) is 7.98. The Bertz CT molecular complexity index is 323. The highest BCUT2D eigenvalue weighted by atomic mass is 16.5. The summed E-state index contributed by atoms with van der Waals surface area (Å²) in [7, 11) is 3.38. The van der Waals surface area contributed by atoms with Gasteiger partial charge in [0, 0.05) is 19.3 Å². The van der Waals surface area contributed by atoms with Crippen LogP contribution in [0.5, 0.6) is 5.75 Å². The van der Waals surface area contributed by atoms with E-state index < -0.39 is 0 Å². The van der Waals surface area contributed by atoms with Crippen LogP contribution >= 0.6 is 0 Å². The molecule has 3 heteroatoms. The summed E-state index contributed by atoms with van der Waals surface area (Å²) in [5.74, 6) is 0.900. The van der Waals surface area contributed by atoms with Crippen LogP contribution in [-0.4, -0.2) is 26.4 Å². The van der Waals surface area contributed by atoms with Crippen molar-refractivity contribution in [3.05, 3.63) is 29.8 Å². The Morgan fingerprint density at radius 2 is 1.94 bits per heavy atom. The quantitative estimate of drug-likeness (QED) is 0.802. The van der Waals surface area contributed by atoms with Crippen molar-refractivity contribution >= 4 is 0 Å². The van der Waals surface area contributed by atoms with Gasteiger partial charge in [0.1, 0.15) is 5.75 Å². The van der Waals surface area contributed by atoms with Crippen molar-refractivity contribution in [2.75, 3.05) is 20.8 Å². The zero-order valence-electron chi connectivity index (χ0n) is 10.3. The lowest BCUT2D eigenvalue weighted by molar-refractivity contribution is 0.171. The van der Waals surface area contributed by atoms with E-state index in [1.165, 1.54) is 0 Å². The summed E-state index contributed by atoms with van der Waals surface area (Å²) in [4.78, 5) is 0. The number of para-hydroxylation sites is 1. The van der Waals surface area contributed by atoms with Gasteiger partial charge in [-0.1, -0.05) is 18.2 Å². The molecule has 0 aromatic heterocycles. The number of nitrogens with two attached hydrogens (primary N) is 1. The molecule has 0 aliphatic rings. The van der Waals surface area contributed by atoms with Crippen LogP contribution < -0.4 is 10.5 Å². The molecule has 90 valence electrons. The van der Waals surface area contributed by atoms with Gasteiger partial charge >= 0.3 is 0 Å². The van der Waals surface area contributed by atoms with E-state index in [-0.39, 0.29) is 5.54 Å². The van der Waals surface area contributed by atoms with Gasteiger partial charge in [-0.2, -0.15) is 0 Å². The maximum atomic E-state index is 6.22. The minimum atomic E-state index is -0.259. The van der Waals surface area contributed by atoms with Crippen LogP contribution in [0.3, 0.4) is 0 Å². The van der Waals surface area contributed by atoms with Crippen LogP contribution in [-0.2, 0) is 11.2 Å². The van der Waals surface area contributed by atoms with Gasteiger partial charge in [0.15, 0.2) is 0 Å². The van der Waals surface area contributed by atoms with Gasteiger partial charge in [0.25, 0.3) is 0 Å². The average molecular weight is 223 g/mol. The standard InChI is InChI=1S/C13H21NO2/c1-13(14,8-9-15-2)10-11-6-4-5-7-12(11)16-3/h4-7H,8-10,14H2,1-3H3. The van der Waals surface area contributed by atoms with Crippen LogP contribution in [0.25, 0.3) is 0 Å². The number of benzene rings is 1. The van der Waals surface area contributed by atoms with Crippen LogP contribution in [0.4, 0.5) is 0 Å². The molecule has 0 saturated heterocycles. The predicted molar refractivity (Wildman–Crippen MR) is 65.8 cm³/mol. The predicted octanol–water partition coefficient (Wildman–Crippen LogP) is 1.99. The Labute approximate surface area is 97.6 Å². The van der Waals surface area contributed by atoms with Crippen LogP contribution in [0, 0.1) is 0 Å². The second-order valence-electron chi connectivity index (χ2n) is 4.39. The third kappa shape index (κ3) is 3.83. The van der Waals surface area contributed by atoms with E-state index in [4.69, 9.17) is 15.2 Å². The normalized spacial score (nSPS) is 14.5. The second-order valence-corrected chi connectivity index (χ2v) is 4.39. The molecule has 0 saturated carbocycles. The maximum Gasteiger partial charge on any atom is 0.122 e. The van der Waals surface area contributed by atoms with E-state index in [1.807, 2.05) is 25.1 Å². The first kappa shape index (κ1) is 13.0. The number of hydrogen-bond acceptors (Lipinski definition) is 3. The van der Waals surface area contributed by atoms with Crippen LogP contribution in [0.15, 0.2) is 24.3 Å². The molecule has 0 spiro atoms. The molecule has 1 aromatic carbocycles. The summed E-state index contributed by atoms with van der Waals surface area (Å²) in [5.41, 5.74) is 7.11. The van der Waals surface area contributed by atoms with Crippen LogP contribution in [0.2, 0.25) is 0 Å². The Balaban J connectivity index is 2.71. The largest absolute Gasteiger partial charge is 0.496 e. The van der Waals surface area contributed by atoms with Crippen molar-refractivity contribution in [3.8, 4) is 5.75 Å². The lowest BCUT2D eigenvalue weighted by Gasteiger charge is -2.25. The molecule has 1 atom stereocenters. The summed E-state index contributed by atoms with van der Waals surface area (Å²) in [6.45, 7) is 2.72. The first-order valence-corrected chi connectivity index (χ1v) is 5.49. The molecule has 1 aromatic rings. The van der Waals surface area contributed by atoms with E-state index in [0.717, 1.165) is 24.2 Å². The highest BCUT2D eigenvalue weighted by molar-refractivity contribution is 5.34. The molecule has 0 aliphatic carbocycles. The molecular formula is C13H21NO2. The first-order valence-electron chi connectivity index (χ1n) is 5.49. The smallest absolute Gasteiger partial charge is 0.122 e. The van der Waals surface area contributed by atoms with Crippen molar-refractivity contribution in [2.45, 2.75) is 25.3 Å². The van der Waals surface area contributed by atoms with Crippen molar-refractivity contribution in [3.63, 3.8) is 0 Å². The Hall–Kier alpha value is -1.06. The molecular weight excluding hydrogens is 202 g/mol. The molecule has 1 rings (SSSR count). The zero-order chi connectivity index (χ0) is 12.0. The molecule has 0 fully saturated rings. The minimum absolute atomic E-state index is 0.259. The van der Waals surface area contributed by atoms with Crippen LogP contribution in [0.1, 0.15) is 18.9 Å². The topological polar surface area (TPSA) is 44.5 Å². The van der Waals surface area contributed by atoms with E-state index in [9.17, 15) is 0 Å². The molecule has 16 heavy (non-hydrogen) atoms. The summed E-state index contributed by atoms with van der Waals surface area (Å²) in [6.07, 6.45) is 1.63. The Morgan fingerprint density at radius 3 is 2.56 bits per heavy atom. The number of hydrogen-bond donors (Lipinski definition) is 1. The van der Waals surface area contributed by atoms with Gasteiger partial charge < -0.3 is 15.2 Å². The lowest BCUT2D eigenvalue weighted by Crippen LogP contribution is -2.39. The molecule has 0 amide bonds. The van der Waals surface area contributed by atoms with E-state index in [0.29, 0.717) is 6.61 Å². The van der Waals surface area contributed by atoms with Gasteiger partial charge in [-0.3, -0.25) is 0 Å². The number of ether oxygens (including phenoxy) is 2. The maximum absolute atomic E-state index is 6.22. The fourth-order valence-electron chi connectivity index (χ4n) is 1.71. The SMILES string of the molecule is COCCC(C)(N)Cc1ccccc1OC. The number of methoxy groups -OCH3 is 2. The molecule has 1 unspecified atom stereocenters. The molecule has 3 nitrogen and oxygen atoms in total. The zero-order valence-corrected chi connectivity index (χ0v) is 10.3. The third-order valence-corrected chi connectivity index (χ3v) is 2.66. The molecule has 0 bridgehead atoms. The highest BCUT2D eigenvalue weighted by Crippen LogP contribution is 2.23. The molecule has 0 aliphatic heterocycles. The van der Waals surface area contributed by atoms with Gasteiger partial charge in [0.05, 0.1) is 7.11 Å². The monoisotopic (exact) mass is 223 g/mol. The fraction of sp³-hybridized carbons (Fsp3) is 0.538. The molecule has 0 heterocycles. The first-order chi connectivity index (χ1) is 7.59. The van der Waals surface area contributed by atoms with Crippen molar-refractivity contribution < 1.29 is 9.47 Å². The highest BCUT2D eigenvalue weighted by Gasteiger charge is 2.20. The van der Waals surface area contributed by atoms with Crippen molar-refractivity contribution in [2.24, 2.45) is 5.73 Å². The van der Waals surface area contributed by atoms with E-state index in [1.54, 1.807) is 14.2 Å². The summed E-state index contributed by atoms with van der Waals surface area (Å²) in [5, 5.41) is 0. The van der Waals surface area contributed by atoms with E-state index >= 15 is 0 Å². The molecule has 0 radical (unpaired) electrons. The Kier molecular flexibility index (Phi) is 4.77. The molecule has 2 N–H and O–H groups in total. The Morgan fingerprint density at radius 1 is 1.25 bits per heavy atom. The lowest BCUT2D eigenvalue weighted by atomic mass is 9.90. The van der Waals surface area contributed by atoms with Crippen molar-refractivity contribution in [1.29, 1.82) is 0 Å².